The van der Waals surface area contributed by atoms with Gasteiger partial charge in [0.15, 0.2) is 6.61 Å². The summed E-state index contributed by atoms with van der Waals surface area (Å²) in [5, 5.41) is 12.3. The van der Waals surface area contributed by atoms with Crippen molar-refractivity contribution in [1.82, 2.24) is 4.57 Å². The number of nitrogens with zero attached hydrogens (tertiary/aromatic N) is 2. The fourth-order valence-corrected chi connectivity index (χ4v) is 3.76. The van der Waals surface area contributed by atoms with Gasteiger partial charge in [-0.15, -0.1) is 0 Å². The number of carbonyl (C=O) groups excluding carboxylic acids is 2. The molecular formula is C26H33N3O3. The number of hydrogen-bond acceptors (Lipinski definition) is 4. The molecule has 0 atom stereocenters. The summed E-state index contributed by atoms with van der Waals surface area (Å²) in [5.74, 6) is -0.678. The zero-order chi connectivity index (χ0) is 24.0. The van der Waals surface area contributed by atoms with Gasteiger partial charge in [0.2, 0.25) is 0 Å². The number of hydrogen-bond donors (Lipinski definition) is 1. The lowest BCUT2D eigenvalue weighted by atomic mass is 10.1. The Morgan fingerprint density at radius 1 is 1.12 bits per heavy atom. The minimum Gasteiger partial charge on any atom is -0.451 e. The number of aromatic nitrogens is 1. The van der Waals surface area contributed by atoms with Crippen molar-refractivity contribution in [3.63, 3.8) is 0 Å². The number of carbonyl (C=O) groups is 2. The Labute approximate surface area is 190 Å². The average molecular weight is 436 g/mol. The molecule has 2 aromatic rings. The van der Waals surface area contributed by atoms with Crippen LogP contribution in [0.1, 0.15) is 53.9 Å². The Hall–Kier alpha value is -3.33. The molecule has 0 aliphatic carbocycles. The summed E-state index contributed by atoms with van der Waals surface area (Å²) in [4.78, 5) is 24.7. The SMILES string of the molecule is Cc1cc(C)c(NC(=O)COC(=O)/C(C#N)=C/c2cc(C)n(CCC(C)C)c2C)c(C)c1. The van der Waals surface area contributed by atoms with E-state index in [0.717, 1.165) is 46.6 Å². The quantitative estimate of drug-likeness (QED) is 0.352. The molecule has 0 spiro atoms. The highest BCUT2D eigenvalue weighted by Crippen LogP contribution is 2.22. The van der Waals surface area contributed by atoms with Crippen LogP contribution in [0.4, 0.5) is 5.69 Å². The van der Waals surface area contributed by atoms with E-state index in [9.17, 15) is 14.9 Å². The zero-order valence-electron chi connectivity index (χ0n) is 20.1. The smallest absolute Gasteiger partial charge is 0.349 e. The van der Waals surface area contributed by atoms with Crippen molar-refractivity contribution in [2.24, 2.45) is 5.92 Å². The first kappa shape index (κ1) is 24.9. The number of amides is 1. The Bertz CT molecular complexity index is 1060. The van der Waals surface area contributed by atoms with Crippen LogP contribution in [-0.4, -0.2) is 23.1 Å². The van der Waals surface area contributed by atoms with Gasteiger partial charge >= 0.3 is 5.97 Å². The van der Waals surface area contributed by atoms with E-state index in [-0.39, 0.29) is 5.57 Å². The number of nitrogens with one attached hydrogen (secondary N) is 1. The molecule has 0 unspecified atom stereocenters. The largest absolute Gasteiger partial charge is 0.451 e. The second-order valence-corrected chi connectivity index (χ2v) is 8.73. The molecule has 0 radical (unpaired) electrons. The molecule has 1 aromatic heterocycles. The third kappa shape index (κ3) is 6.34. The van der Waals surface area contributed by atoms with Gasteiger partial charge in [0.05, 0.1) is 0 Å². The number of esters is 1. The van der Waals surface area contributed by atoms with Gasteiger partial charge in [-0.2, -0.15) is 5.26 Å². The second-order valence-electron chi connectivity index (χ2n) is 8.73. The monoisotopic (exact) mass is 435 g/mol. The zero-order valence-corrected chi connectivity index (χ0v) is 20.1. The van der Waals surface area contributed by atoms with Crippen LogP contribution in [0.5, 0.6) is 0 Å². The van der Waals surface area contributed by atoms with E-state index >= 15 is 0 Å². The third-order valence-electron chi connectivity index (χ3n) is 5.46. The van der Waals surface area contributed by atoms with Crippen molar-refractivity contribution >= 4 is 23.6 Å². The van der Waals surface area contributed by atoms with Crippen LogP contribution in [0.3, 0.4) is 0 Å². The van der Waals surface area contributed by atoms with Gasteiger partial charge < -0.3 is 14.6 Å². The molecule has 170 valence electrons. The lowest BCUT2D eigenvalue weighted by Gasteiger charge is -2.13. The topological polar surface area (TPSA) is 84.1 Å². The minimum atomic E-state index is -0.813. The van der Waals surface area contributed by atoms with Crippen molar-refractivity contribution in [1.29, 1.82) is 5.26 Å². The Morgan fingerprint density at radius 3 is 2.31 bits per heavy atom. The number of aryl methyl sites for hydroxylation is 4. The highest BCUT2D eigenvalue weighted by atomic mass is 16.5. The fourth-order valence-electron chi connectivity index (χ4n) is 3.76. The summed E-state index contributed by atoms with van der Waals surface area (Å²) in [5.41, 5.74) is 6.42. The van der Waals surface area contributed by atoms with Gasteiger partial charge in [-0.1, -0.05) is 31.5 Å². The molecule has 0 saturated heterocycles. The number of nitriles is 1. The van der Waals surface area contributed by atoms with E-state index in [1.807, 2.05) is 58.9 Å². The van der Waals surface area contributed by atoms with E-state index < -0.39 is 18.5 Å². The van der Waals surface area contributed by atoms with Crippen LogP contribution in [-0.2, 0) is 20.9 Å². The number of rotatable bonds is 8. The lowest BCUT2D eigenvalue weighted by Crippen LogP contribution is -2.22. The molecule has 0 saturated carbocycles. The van der Waals surface area contributed by atoms with Gasteiger partial charge in [-0.05, 0) is 75.8 Å². The van der Waals surface area contributed by atoms with Crippen LogP contribution in [0.2, 0.25) is 0 Å². The minimum absolute atomic E-state index is 0.135. The van der Waals surface area contributed by atoms with E-state index in [0.29, 0.717) is 11.6 Å². The van der Waals surface area contributed by atoms with Crippen LogP contribution in [0.25, 0.3) is 6.08 Å². The molecule has 0 aliphatic heterocycles. The normalized spacial score (nSPS) is 11.4. The van der Waals surface area contributed by atoms with E-state index in [1.165, 1.54) is 6.08 Å². The van der Waals surface area contributed by atoms with Gasteiger partial charge in [-0.3, -0.25) is 4.79 Å². The molecule has 6 nitrogen and oxygen atoms in total. The molecule has 1 amide bonds. The van der Waals surface area contributed by atoms with Crippen molar-refractivity contribution < 1.29 is 14.3 Å². The molecule has 0 aliphatic rings. The maximum absolute atomic E-state index is 12.4. The molecule has 1 N–H and O–H groups in total. The van der Waals surface area contributed by atoms with Crippen molar-refractivity contribution in [2.45, 2.75) is 61.4 Å². The van der Waals surface area contributed by atoms with Gasteiger partial charge in [0.25, 0.3) is 5.91 Å². The van der Waals surface area contributed by atoms with Crippen LogP contribution < -0.4 is 5.32 Å². The maximum atomic E-state index is 12.4. The number of benzene rings is 1. The molecule has 2 rings (SSSR count). The molecule has 0 fully saturated rings. The predicted octanol–water partition coefficient (Wildman–Crippen LogP) is 5.17. The lowest BCUT2D eigenvalue weighted by molar-refractivity contribution is -0.142. The molecule has 0 bridgehead atoms. The van der Waals surface area contributed by atoms with Crippen molar-refractivity contribution in [3.8, 4) is 6.07 Å². The molecular weight excluding hydrogens is 402 g/mol. The first-order chi connectivity index (χ1) is 15.0. The summed E-state index contributed by atoms with van der Waals surface area (Å²) >= 11 is 0. The third-order valence-corrected chi connectivity index (χ3v) is 5.46. The van der Waals surface area contributed by atoms with Gasteiger partial charge in [0.1, 0.15) is 11.6 Å². The van der Waals surface area contributed by atoms with Crippen molar-refractivity contribution in [3.05, 3.63) is 57.4 Å². The summed E-state index contributed by atoms with van der Waals surface area (Å²) in [6, 6.07) is 7.80. The Morgan fingerprint density at radius 2 is 1.75 bits per heavy atom. The van der Waals surface area contributed by atoms with Crippen molar-refractivity contribution in [2.75, 3.05) is 11.9 Å². The molecule has 1 aromatic carbocycles. The van der Waals surface area contributed by atoms with Crippen LogP contribution >= 0.6 is 0 Å². The first-order valence-corrected chi connectivity index (χ1v) is 10.9. The predicted molar refractivity (Wildman–Crippen MR) is 127 cm³/mol. The van der Waals surface area contributed by atoms with E-state index in [2.05, 4.69) is 23.7 Å². The Balaban J connectivity index is 2.07. The molecule has 6 heteroatoms. The summed E-state index contributed by atoms with van der Waals surface area (Å²) in [6.07, 6.45) is 2.57. The first-order valence-electron chi connectivity index (χ1n) is 10.9. The second kappa shape index (κ2) is 10.8. The standard InChI is InChI=1S/C26H33N3O3/c1-16(2)8-9-29-20(6)12-22(21(29)7)13-23(14-27)26(31)32-15-24(30)28-25-18(4)10-17(3)11-19(25)5/h10-13,16H,8-9,15H2,1-7H3,(H,28,30)/b23-13+. The Kier molecular flexibility index (Phi) is 8.42. The summed E-state index contributed by atoms with van der Waals surface area (Å²) < 4.78 is 7.30. The molecule has 32 heavy (non-hydrogen) atoms. The van der Waals surface area contributed by atoms with Crippen LogP contribution in [0, 0.1) is 51.9 Å². The van der Waals surface area contributed by atoms with Gasteiger partial charge in [-0.25, -0.2) is 4.79 Å². The average Bonchev–Trinajstić information content (AvgIpc) is 2.97. The summed E-state index contributed by atoms with van der Waals surface area (Å²) in [7, 11) is 0. The number of ether oxygens (including phenoxy) is 1. The van der Waals surface area contributed by atoms with E-state index in [4.69, 9.17) is 4.74 Å². The van der Waals surface area contributed by atoms with E-state index in [1.54, 1.807) is 0 Å². The van der Waals surface area contributed by atoms with Gasteiger partial charge in [0, 0.05) is 23.6 Å². The molecule has 1 heterocycles. The number of anilines is 1. The fraction of sp³-hybridized carbons (Fsp3) is 0.423. The summed E-state index contributed by atoms with van der Waals surface area (Å²) in [6.45, 7) is 14.6. The maximum Gasteiger partial charge on any atom is 0.349 e. The van der Waals surface area contributed by atoms with Crippen LogP contribution in [0.15, 0.2) is 23.8 Å². The highest BCUT2D eigenvalue weighted by molar-refractivity contribution is 6.00. The highest BCUT2D eigenvalue weighted by Gasteiger charge is 2.16.